The Hall–Kier alpha value is -2.00. The molecule has 0 radical (unpaired) electrons. The minimum Gasteiger partial charge on any atom is -0.322 e. The van der Waals surface area contributed by atoms with Gasteiger partial charge in [-0.05, 0) is 36.3 Å². The first kappa shape index (κ1) is 13.4. The van der Waals surface area contributed by atoms with Gasteiger partial charge in [0.25, 0.3) is 0 Å². The lowest BCUT2D eigenvalue weighted by Crippen LogP contribution is -2.06. The van der Waals surface area contributed by atoms with Crippen LogP contribution in [0.15, 0.2) is 64.8 Å². The number of hydrogen-bond donors (Lipinski definition) is 2. The minimum atomic E-state index is -0.123. The molecule has 0 bridgehead atoms. The van der Waals surface area contributed by atoms with E-state index >= 15 is 0 Å². The van der Waals surface area contributed by atoms with E-state index in [9.17, 15) is 4.79 Å². The lowest BCUT2D eigenvalue weighted by Gasteiger charge is -2.07. The van der Waals surface area contributed by atoms with Crippen LogP contribution in [0.25, 0.3) is 16.5 Å². The number of nitrogens with one attached hydrogen (secondary N) is 1. The first-order chi connectivity index (χ1) is 9.15. The van der Waals surface area contributed by atoms with Gasteiger partial charge in [-0.3, -0.25) is 4.79 Å². The van der Waals surface area contributed by atoms with E-state index in [1.54, 1.807) is 12.1 Å². The summed E-state index contributed by atoms with van der Waals surface area (Å²) < 4.78 is 0. The van der Waals surface area contributed by atoms with E-state index in [4.69, 9.17) is 0 Å². The maximum absolute atomic E-state index is 11.7. The number of aromatic amines is 1. The highest BCUT2D eigenvalue weighted by Gasteiger charge is 2.06. The van der Waals surface area contributed by atoms with Crippen molar-refractivity contribution in [3.8, 4) is 0 Å². The second-order valence-electron chi connectivity index (χ2n) is 4.13. The molecular weight excluding hydrogens is 254 g/mol. The van der Waals surface area contributed by atoms with Gasteiger partial charge in [0.05, 0.1) is 0 Å². The Kier molecular flexibility index (Phi) is 4.07. The maximum Gasteiger partial charge on any atom is 0.249 e. The molecule has 2 aromatic rings. The Morgan fingerprint density at radius 3 is 2.84 bits per heavy atom. The second-order valence-corrected chi connectivity index (χ2v) is 4.65. The lowest BCUT2D eigenvalue weighted by molar-refractivity contribution is 1.29. The molecule has 1 heterocycles. The highest BCUT2D eigenvalue weighted by atomic mass is 32.1. The SMILES string of the molecule is C=C/C(=C\C=C/C)c1cc(=O)[nH]c2ccc(S)cc12. The molecule has 0 aliphatic carbocycles. The molecule has 0 saturated carbocycles. The van der Waals surface area contributed by atoms with Gasteiger partial charge in [0.2, 0.25) is 5.56 Å². The first-order valence-electron chi connectivity index (χ1n) is 5.97. The van der Waals surface area contributed by atoms with Crippen molar-refractivity contribution >= 4 is 29.1 Å². The second kappa shape index (κ2) is 5.76. The van der Waals surface area contributed by atoms with E-state index in [0.717, 1.165) is 26.9 Å². The van der Waals surface area contributed by atoms with Gasteiger partial charge < -0.3 is 4.98 Å². The Bertz CT molecular complexity index is 738. The Morgan fingerprint density at radius 2 is 2.16 bits per heavy atom. The highest BCUT2D eigenvalue weighted by Crippen LogP contribution is 2.25. The zero-order valence-corrected chi connectivity index (χ0v) is 11.6. The number of H-pyrrole nitrogens is 1. The maximum atomic E-state index is 11.7. The van der Waals surface area contributed by atoms with Gasteiger partial charge in [-0.2, -0.15) is 0 Å². The van der Waals surface area contributed by atoms with Crippen molar-refractivity contribution in [2.75, 3.05) is 0 Å². The van der Waals surface area contributed by atoms with Crippen LogP contribution in [-0.2, 0) is 0 Å². The quantitative estimate of drug-likeness (QED) is 0.641. The number of thiol groups is 1. The average Bonchev–Trinajstić information content (AvgIpc) is 2.40. The largest absolute Gasteiger partial charge is 0.322 e. The Morgan fingerprint density at radius 1 is 1.37 bits per heavy atom. The summed E-state index contributed by atoms with van der Waals surface area (Å²) in [6.07, 6.45) is 7.54. The topological polar surface area (TPSA) is 32.9 Å². The Labute approximate surface area is 117 Å². The molecule has 0 fully saturated rings. The smallest absolute Gasteiger partial charge is 0.249 e. The molecule has 3 heteroatoms. The van der Waals surface area contributed by atoms with Crippen LogP contribution in [0.5, 0.6) is 0 Å². The van der Waals surface area contributed by atoms with Gasteiger partial charge >= 0.3 is 0 Å². The number of benzene rings is 1. The zero-order chi connectivity index (χ0) is 13.8. The summed E-state index contributed by atoms with van der Waals surface area (Å²) in [4.78, 5) is 15.4. The molecule has 0 amide bonds. The van der Waals surface area contributed by atoms with Crippen LogP contribution in [0.3, 0.4) is 0 Å². The summed E-state index contributed by atoms with van der Waals surface area (Å²) in [5.74, 6) is 0. The number of fused-ring (bicyclic) bond motifs is 1. The summed E-state index contributed by atoms with van der Waals surface area (Å²) in [7, 11) is 0. The molecule has 0 unspecified atom stereocenters. The summed E-state index contributed by atoms with van der Waals surface area (Å²) in [6.45, 7) is 5.76. The summed E-state index contributed by atoms with van der Waals surface area (Å²) >= 11 is 4.35. The van der Waals surface area contributed by atoms with E-state index in [-0.39, 0.29) is 5.56 Å². The number of pyridine rings is 1. The fourth-order valence-corrected chi connectivity index (χ4v) is 2.15. The standard InChI is InChI=1S/C16H15NOS/c1-3-5-6-11(4-2)13-10-16(18)17-15-8-7-12(19)9-14(13)15/h3-10,19H,2H2,1H3,(H,17,18)/b5-3-,11-6+. The molecule has 0 aliphatic heterocycles. The third-order valence-electron chi connectivity index (χ3n) is 2.83. The molecule has 0 spiro atoms. The van der Waals surface area contributed by atoms with Gasteiger partial charge in [-0.25, -0.2) is 0 Å². The first-order valence-corrected chi connectivity index (χ1v) is 6.42. The highest BCUT2D eigenvalue weighted by molar-refractivity contribution is 7.80. The molecule has 0 aliphatic rings. The molecule has 1 aromatic carbocycles. The summed E-state index contributed by atoms with van der Waals surface area (Å²) in [6, 6.07) is 7.25. The third kappa shape index (κ3) is 2.88. The van der Waals surface area contributed by atoms with Crippen LogP contribution in [0, 0.1) is 0 Å². The summed E-state index contributed by atoms with van der Waals surface area (Å²) in [5.41, 5.74) is 2.45. The lowest BCUT2D eigenvalue weighted by atomic mass is 10.0. The molecule has 0 saturated heterocycles. The van der Waals surface area contributed by atoms with Crippen molar-refractivity contribution in [3.63, 3.8) is 0 Å². The van der Waals surface area contributed by atoms with E-state index < -0.39 is 0 Å². The van der Waals surface area contributed by atoms with Crippen molar-refractivity contribution in [3.05, 3.63) is 71.1 Å². The minimum absolute atomic E-state index is 0.123. The van der Waals surface area contributed by atoms with Crippen molar-refractivity contribution < 1.29 is 0 Å². The van der Waals surface area contributed by atoms with Gasteiger partial charge in [0.15, 0.2) is 0 Å². The zero-order valence-electron chi connectivity index (χ0n) is 10.7. The van der Waals surface area contributed by atoms with Crippen LogP contribution in [0.1, 0.15) is 12.5 Å². The molecule has 2 nitrogen and oxygen atoms in total. The number of rotatable bonds is 3. The molecule has 96 valence electrons. The van der Waals surface area contributed by atoms with Crippen molar-refractivity contribution in [1.29, 1.82) is 0 Å². The number of aromatic nitrogens is 1. The molecule has 0 atom stereocenters. The third-order valence-corrected chi connectivity index (χ3v) is 3.10. The predicted octanol–water partition coefficient (Wildman–Crippen LogP) is 3.96. The molecular formula is C16H15NOS. The van der Waals surface area contributed by atoms with Gasteiger partial charge in [0, 0.05) is 21.9 Å². The van der Waals surface area contributed by atoms with Gasteiger partial charge in [0.1, 0.15) is 0 Å². The Balaban J connectivity index is 2.80. The average molecular weight is 269 g/mol. The van der Waals surface area contributed by atoms with Crippen molar-refractivity contribution in [1.82, 2.24) is 4.98 Å². The van der Waals surface area contributed by atoms with Gasteiger partial charge in [-0.1, -0.05) is 30.9 Å². The van der Waals surface area contributed by atoms with Crippen LogP contribution < -0.4 is 5.56 Å². The predicted molar refractivity (Wildman–Crippen MR) is 84.8 cm³/mol. The normalized spacial score (nSPS) is 12.2. The fourth-order valence-electron chi connectivity index (χ4n) is 1.95. The molecule has 1 N–H and O–H groups in total. The van der Waals surface area contributed by atoms with Crippen LogP contribution in [-0.4, -0.2) is 4.98 Å². The number of allylic oxidation sites excluding steroid dienone is 5. The van der Waals surface area contributed by atoms with E-state index in [1.807, 2.05) is 43.4 Å². The summed E-state index contributed by atoms with van der Waals surface area (Å²) in [5, 5.41) is 0.961. The van der Waals surface area contributed by atoms with E-state index in [0.29, 0.717) is 0 Å². The number of hydrogen-bond acceptors (Lipinski definition) is 2. The van der Waals surface area contributed by atoms with Crippen molar-refractivity contribution in [2.24, 2.45) is 0 Å². The molecule has 2 rings (SSSR count). The van der Waals surface area contributed by atoms with Crippen molar-refractivity contribution in [2.45, 2.75) is 11.8 Å². The van der Waals surface area contributed by atoms with Crippen LogP contribution in [0.4, 0.5) is 0 Å². The van der Waals surface area contributed by atoms with Gasteiger partial charge in [-0.15, -0.1) is 12.6 Å². The molecule has 1 aromatic heterocycles. The van der Waals surface area contributed by atoms with E-state index in [1.165, 1.54) is 0 Å². The molecule has 19 heavy (non-hydrogen) atoms. The fraction of sp³-hybridized carbons (Fsp3) is 0.0625. The van der Waals surface area contributed by atoms with E-state index in [2.05, 4.69) is 24.2 Å². The van der Waals surface area contributed by atoms with Crippen LogP contribution in [0.2, 0.25) is 0 Å². The monoisotopic (exact) mass is 269 g/mol. The van der Waals surface area contributed by atoms with Crippen LogP contribution >= 0.6 is 12.6 Å².